The third-order valence-corrected chi connectivity index (χ3v) is 3.64. The Hall–Kier alpha value is -2.45. The average molecular weight is 325 g/mol. The number of rotatable bonds is 1. The van der Waals surface area contributed by atoms with Gasteiger partial charge in [-0.25, -0.2) is 15.2 Å². The van der Waals surface area contributed by atoms with Gasteiger partial charge in [0.1, 0.15) is 12.2 Å². The molecule has 1 aliphatic rings. The van der Waals surface area contributed by atoms with Crippen molar-refractivity contribution in [2.45, 2.75) is 11.9 Å². The largest absolute Gasteiger partial charge is 0.416 e. The van der Waals surface area contributed by atoms with Gasteiger partial charge in [-0.15, -0.1) is 0 Å². The van der Waals surface area contributed by atoms with Crippen LogP contribution in [0, 0.1) is 5.82 Å². The van der Waals surface area contributed by atoms with Crippen LogP contribution in [-0.2, 0) is 11.9 Å². The fraction of sp³-hybridized carbons (Fsp3) is 0.133. The molecule has 1 heterocycles. The van der Waals surface area contributed by atoms with Gasteiger partial charge in [0.25, 0.3) is 0 Å². The number of nitrogens with two attached hydrogens (primary N) is 1. The number of nitrogens with zero attached hydrogens (tertiary/aromatic N) is 2. The second-order valence-corrected chi connectivity index (χ2v) is 5.03. The molecule has 1 aliphatic heterocycles. The topological polar surface area (TPSA) is 61.8 Å². The molecule has 3 N–H and O–H groups in total. The van der Waals surface area contributed by atoms with Crippen LogP contribution in [0.3, 0.4) is 0 Å². The summed E-state index contributed by atoms with van der Waals surface area (Å²) >= 11 is 0. The molecule has 0 saturated carbocycles. The molecule has 2 aromatic rings. The minimum atomic E-state index is -4.62. The van der Waals surface area contributed by atoms with E-state index in [0.29, 0.717) is 5.01 Å². The van der Waals surface area contributed by atoms with Gasteiger partial charge in [0.2, 0.25) is 5.72 Å². The summed E-state index contributed by atoms with van der Waals surface area (Å²) in [6.07, 6.45) is -3.59. The summed E-state index contributed by atoms with van der Waals surface area (Å²) in [4.78, 5) is 3.87. The smallest absolute Gasteiger partial charge is 0.362 e. The molecule has 23 heavy (non-hydrogen) atoms. The number of halogens is 4. The number of alkyl halides is 3. The molecule has 120 valence electrons. The van der Waals surface area contributed by atoms with Gasteiger partial charge in [-0.05, 0) is 24.3 Å². The second-order valence-electron chi connectivity index (χ2n) is 5.03. The van der Waals surface area contributed by atoms with Gasteiger partial charge in [-0.1, -0.05) is 18.2 Å². The predicted molar refractivity (Wildman–Crippen MR) is 75.0 cm³/mol. The first-order valence-electron chi connectivity index (χ1n) is 6.52. The molecular formula is C15H11F4N3O. The molecule has 0 spiro atoms. The number of aliphatic hydroxyl groups is 1. The summed E-state index contributed by atoms with van der Waals surface area (Å²) < 4.78 is 53.0. The van der Waals surface area contributed by atoms with Crippen LogP contribution >= 0.6 is 0 Å². The number of hydrogen-bond acceptors (Lipinski definition) is 4. The normalized spacial score (nSPS) is 20.5. The van der Waals surface area contributed by atoms with Crippen LogP contribution in [0.5, 0.6) is 0 Å². The summed E-state index contributed by atoms with van der Waals surface area (Å²) in [6, 6.07) is 7.84. The minimum Gasteiger partial charge on any atom is -0.362 e. The van der Waals surface area contributed by atoms with Crippen LogP contribution in [0.4, 0.5) is 23.2 Å². The third-order valence-electron chi connectivity index (χ3n) is 3.64. The quantitative estimate of drug-likeness (QED) is 0.626. The van der Waals surface area contributed by atoms with Crippen LogP contribution in [0.2, 0.25) is 0 Å². The van der Waals surface area contributed by atoms with Gasteiger partial charge in [-0.2, -0.15) is 13.2 Å². The first-order chi connectivity index (χ1) is 10.7. The van der Waals surface area contributed by atoms with Crippen molar-refractivity contribution < 1.29 is 22.7 Å². The summed E-state index contributed by atoms with van der Waals surface area (Å²) in [5.74, 6) is 4.87. The highest BCUT2D eigenvalue weighted by molar-refractivity contribution is 5.71. The van der Waals surface area contributed by atoms with E-state index in [1.54, 1.807) is 0 Å². The van der Waals surface area contributed by atoms with Gasteiger partial charge in [0.15, 0.2) is 0 Å². The molecule has 4 nitrogen and oxygen atoms in total. The van der Waals surface area contributed by atoms with E-state index in [4.69, 9.17) is 5.84 Å². The Kier molecular flexibility index (Phi) is 3.38. The van der Waals surface area contributed by atoms with Crippen molar-refractivity contribution in [3.05, 3.63) is 65.0 Å². The maximum absolute atomic E-state index is 14.1. The Balaban J connectivity index is 2.28. The van der Waals surface area contributed by atoms with Crippen molar-refractivity contribution >= 4 is 12.0 Å². The summed E-state index contributed by atoms with van der Waals surface area (Å²) in [5.41, 5.74) is -3.73. The zero-order valence-electron chi connectivity index (χ0n) is 11.5. The molecule has 0 aromatic heterocycles. The number of hydrogen-bond donors (Lipinski definition) is 2. The zero-order valence-corrected chi connectivity index (χ0v) is 11.5. The van der Waals surface area contributed by atoms with Crippen molar-refractivity contribution in [3.63, 3.8) is 0 Å². The van der Waals surface area contributed by atoms with E-state index in [1.165, 1.54) is 18.2 Å². The van der Waals surface area contributed by atoms with Crippen LogP contribution in [-0.4, -0.2) is 16.5 Å². The van der Waals surface area contributed by atoms with Crippen molar-refractivity contribution in [3.8, 4) is 0 Å². The highest BCUT2D eigenvalue weighted by Crippen LogP contribution is 2.43. The molecule has 3 rings (SSSR count). The maximum atomic E-state index is 14.1. The van der Waals surface area contributed by atoms with Crippen molar-refractivity contribution in [1.29, 1.82) is 0 Å². The number of aliphatic imine (C=N–C) groups is 1. The lowest BCUT2D eigenvalue weighted by Gasteiger charge is -2.39. The van der Waals surface area contributed by atoms with Gasteiger partial charge < -0.3 is 5.11 Å². The Morgan fingerprint density at radius 2 is 1.78 bits per heavy atom. The fourth-order valence-electron chi connectivity index (χ4n) is 2.48. The van der Waals surface area contributed by atoms with Crippen LogP contribution in [0.25, 0.3) is 0 Å². The molecule has 0 amide bonds. The Bertz CT molecular complexity index is 791. The summed E-state index contributed by atoms with van der Waals surface area (Å²) in [6.45, 7) is 0. The minimum absolute atomic E-state index is 0.0745. The lowest BCUT2D eigenvalue weighted by atomic mass is 9.90. The summed E-state index contributed by atoms with van der Waals surface area (Å²) in [5, 5.41) is 11.6. The SMILES string of the molecule is NN1C=Nc2ccc(C(F)(F)F)cc2C1(O)c1ccccc1F. The molecule has 1 unspecified atom stereocenters. The first-order valence-corrected chi connectivity index (χ1v) is 6.52. The van der Waals surface area contributed by atoms with Crippen molar-refractivity contribution in [2.24, 2.45) is 10.8 Å². The van der Waals surface area contributed by atoms with Gasteiger partial charge >= 0.3 is 6.18 Å². The number of benzene rings is 2. The second kappa shape index (κ2) is 5.04. The van der Waals surface area contributed by atoms with Gasteiger partial charge in [0.05, 0.1) is 11.3 Å². The summed E-state index contributed by atoms with van der Waals surface area (Å²) in [7, 11) is 0. The van der Waals surface area contributed by atoms with Gasteiger partial charge in [0, 0.05) is 11.1 Å². The molecule has 0 fully saturated rings. The van der Waals surface area contributed by atoms with Crippen LogP contribution in [0.1, 0.15) is 16.7 Å². The zero-order chi connectivity index (χ0) is 16.8. The Morgan fingerprint density at radius 3 is 2.43 bits per heavy atom. The van der Waals surface area contributed by atoms with E-state index in [-0.39, 0.29) is 16.8 Å². The van der Waals surface area contributed by atoms with Crippen molar-refractivity contribution in [2.75, 3.05) is 0 Å². The lowest BCUT2D eigenvalue weighted by Crippen LogP contribution is -2.52. The van der Waals surface area contributed by atoms with Crippen molar-refractivity contribution in [1.82, 2.24) is 5.01 Å². The van der Waals surface area contributed by atoms with Crippen LogP contribution in [0.15, 0.2) is 47.5 Å². The van der Waals surface area contributed by atoms with E-state index in [9.17, 15) is 22.7 Å². The third kappa shape index (κ3) is 2.36. The van der Waals surface area contributed by atoms with Gasteiger partial charge in [-0.3, -0.25) is 5.01 Å². The standard InChI is InChI=1S/C15H11F4N3O/c16-12-4-2-1-3-10(12)14(23)11-7-9(15(17,18)19)5-6-13(11)21-8-22(14)20/h1-8,23H,20H2. The van der Waals surface area contributed by atoms with E-state index >= 15 is 0 Å². The highest BCUT2D eigenvalue weighted by Gasteiger charge is 2.44. The van der Waals surface area contributed by atoms with Crippen LogP contribution < -0.4 is 5.84 Å². The number of fused-ring (bicyclic) bond motifs is 1. The molecule has 0 radical (unpaired) electrons. The molecule has 2 aromatic carbocycles. The van der Waals surface area contributed by atoms with E-state index in [0.717, 1.165) is 30.6 Å². The first kappa shape index (κ1) is 15.4. The van der Waals surface area contributed by atoms with E-state index < -0.39 is 23.3 Å². The fourth-order valence-corrected chi connectivity index (χ4v) is 2.48. The molecule has 0 saturated heterocycles. The Morgan fingerprint density at radius 1 is 1.09 bits per heavy atom. The predicted octanol–water partition coefficient (Wildman–Crippen LogP) is 2.89. The average Bonchev–Trinajstić information content (AvgIpc) is 2.50. The number of hydrazine groups is 1. The molecule has 8 heteroatoms. The monoisotopic (exact) mass is 325 g/mol. The molecular weight excluding hydrogens is 314 g/mol. The highest BCUT2D eigenvalue weighted by atomic mass is 19.4. The molecule has 0 bridgehead atoms. The van der Waals surface area contributed by atoms with E-state index in [1.807, 2.05) is 0 Å². The Labute approximate surface area is 128 Å². The molecule has 0 aliphatic carbocycles. The molecule has 1 atom stereocenters. The van der Waals surface area contributed by atoms with E-state index in [2.05, 4.69) is 4.99 Å². The maximum Gasteiger partial charge on any atom is 0.416 e. The lowest BCUT2D eigenvalue weighted by molar-refractivity contribution is -0.137.